The highest BCUT2D eigenvalue weighted by Gasteiger charge is 2.63. The van der Waals surface area contributed by atoms with Gasteiger partial charge in [0.05, 0.1) is 0 Å². The number of aliphatic hydroxyl groups is 2. The van der Waals surface area contributed by atoms with Crippen LogP contribution in [0.2, 0.25) is 0 Å². The second-order valence-corrected chi connectivity index (χ2v) is 9.43. The third-order valence-electron chi connectivity index (χ3n) is 8.29. The summed E-state index contributed by atoms with van der Waals surface area (Å²) in [6.45, 7) is 7.12. The largest absolute Gasteiger partial charge is 0.428 e. The highest BCUT2D eigenvalue weighted by molar-refractivity contribution is 5.94. The van der Waals surface area contributed by atoms with Gasteiger partial charge in [0, 0.05) is 23.2 Å². The maximum absolute atomic E-state index is 12.4. The molecule has 4 aliphatic rings. The summed E-state index contributed by atoms with van der Waals surface area (Å²) in [4.78, 5) is 12.4. The van der Waals surface area contributed by atoms with E-state index in [9.17, 15) is 15.0 Å². The highest BCUT2D eigenvalue weighted by Crippen LogP contribution is 2.68. The van der Waals surface area contributed by atoms with Gasteiger partial charge in [-0.3, -0.25) is 0 Å². The summed E-state index contributed by atoms with van der Waals surface area (Å²) < 4.78 is 5.16. The van der Waals surface area contributed by atoms with Crippen LogP contribution in [0.4, 0.5) is 0 Å². The van der Waals surface area contributed by atoms with E-state index in [0.717, 1.165) is 49.7 Å². The zero-order valence-electron chi connectivity index (χ0n) is 15.1. The van der Waals surface area contributed by atoms with Crippen molar-refractivity contribution in [2.24, 2.45) is 28.1 Å². The number of cyclic esters (lactones) is 1. The summed E-state index contributed by atoms with van der Waals surface area (Å²) in [5.41, 5.74) is 1.57. The van der Waals surface area contributed by atoms with Crippen LogP contribution < -0.4 is 0 Å². The van der Waals surface area contributed by atoms with E-state index in [1.54, 1.807) is 0 Å². The van der Waals surface area contributed by atoms with Gasteiger partial charge in [0.15, 0.2) is 0 Å². The van der Waals surface area contributed by atoms with Crippen molar-refractivity contribution in [3.63, 3.8) is 0 Å². The lowest BCUT2D eigenvalue weighted by atomic mass is 9.40. The Morgan fingerprint density at radius 1 is 1.12 bits per heavy atom. The smallest absolute Gasteiger partial charge is 0.337 e. The Balaban J connectivity index is 1.78. The first-order chi connectivity index (χ1) is 11.3. The summed E-state index contributed by atoms with van der Waals surface area (Å²) in [5.74, 6) is 0.630. The molecule has 0 aromatic rings. The molecule has 4 heteroatoms. The molecule has 2 saturated carbocycles. The van der Waals surface area contributed by atoms with E-state index < -0.39 is 6.29 Å². The summed E-state index contributed by atoms with van der Waals surface area (Å²) in [7, 11) is 0. The molecule has 0 amide bonds. The van der Waals surface area contributed by atoms with Crippen molar-refractivity contribution in [1.29, 1.82) is 0 Å². The molecule has 0 radical (unpaired) electrons. The molecule has 2 N–H and O–H groups in total. The van der Waals surface area contributed by atoms with Gasteiger partial charge < -0.3 is 14.9 Å². The summed E-state index contributed by atoms with van der Waals surface area (Å²) in [5, 5.41) is 20.2. The lowest BCUT2D eigenvalue weighted by Gasteiger charge is -2.64. The fourth-order valence-electron chi connectivity index (χ4n) is 7.23. The molecule has 24 heavy (non-hydrogen) atoms. The number of ether oxygens (including phenoxy) is 1. The normalized spacial score (nSPS) is 50.9. The van der Waals surface area contributed by atoms with Gasteiger partial charge in [-0.15, -0.1) is 0 Å². The number of aliphatic hydroxyl groups excluding tert-OH is 2. The minimum Gasteiger partial charge on any atom is -0.428 e. The maximum atomic E-state index is 12.4. The quantitative estimate of drug-likeness (QED) is 0.723. The van der Waals surface area contributed by atoms with Gasteiger partial charge in [0.2, 0.25) is 6.29 Å². The molecule has 2 fully saturated rings. The molecule has 134 valence electrons. The molecule has 4 rings (SSSR count). The molecule has 0 bridgehead atoms. The van der Waals surface area contributed by atoms with E-state index >= 15 is 0 Å². The monoisotopic (exact) mass is 334 g/mol. The average molecular weight is 334 g/mol. The molecule has 0 saturated heterocycles. The first-order valence-electron chi connectivity index (χ1n) is 9.50. The van der Waals surface area contributed by atoms with Gasteiger partial charge >= 0.3 is 5.97 Å². The van der Waals surface area contributed by atoms with Crippen molar-refractivity contribution in [1.82, 2.24) is 0 Å². The Kier molecular flexibility index (Phi) is 3.51. The topological polar surface area (TPSA) is 66.8 Å². The second kappa shape index (κ2) is 5.07. The van der Waals surface area contributed by atoms with Gasteiger partial charge in [0.25, 0.3) is 0 Å². The van der Waals surface area contributed by atoms with Crippen molar-refractivity contribution >= 4 is 5.97 Å². The predicted octanol–water partition coefficient (Wildman–Crippen LogP) is 3.17. The molecule has 0 spiro atoms. The van der Waals surface area contributed by atoms with Crippen molar-refractivity contribution in [2.45, 2.75) is 72.0 Å². The Bertz CT molecular complexity index is 611. The zero-order chi connectivity index (χ0) is 17.3. The first kappa shape index (κ1) is 16.6. The SMILES string of the molecule is C[C@]1(CO)CCC[C@@]2(C)C1CC[C@@]1(C)C3=C(CC[C@@H]12)C(O)OC3=O. The van der Waals surface area contributed by atoms with Crippen LogP contribution in [-0.4, -0.2) is 29.1 Å². The van der Waals surface area contributed by atoms with E-state index in [2.05, 4.69) is 20.8 Å². The van der Waals surface area contributed by atoms with Crippen molar-refractivity contribution < 1.29 is 19.7 Å². The van der Waals surface area contributed by atoms with E-state index in [-0.39, 0.29) is 28.8 Å². The van der Waals surface area contributed by atoms with Gasteiger partial charge in [-0.1, -0.05) is 27.2 Å². The maximum Gasteiger partial charge on any atom is 0.337 e. The van der Waals surface area contributed by atoms with E-state index in [0.29, 0.717) is 11.8 Å². The number of fused-ring (bicyclic) bond motifs is 4. The molecule has 6 atom stereocenters. The lowest BCUT2D eigenvalue weighted by molar-refractivity contribution is -0.156. The summed E-state index contributed by atoms with van der Waals surface area (Å²) >= 11 is 0. The zero-order valence-corrected chi connectivity index (χ0v) is 15.1. The Morgan fingerprint density at radius 2 is 1.88 bits per heavy atom. The van der Waals surface area contributed by atoms with Crippen LogP contribution in [0, 0.1) is 28.1 Å². The number of esters is 1. The molecule has 0 aromatic heterocycles. The fourth-order valence-corrected chi connectivity index (χ4v) is 7.23. The van der Waals surface area contributed by atoms with Crippen LogP contribution in [0.25, 0.3) is 0 Å². The van der Waals surface area contributed by atoms with Crippen LogP contribution in [0.5, 0.6) is 0 Å². The standard InChI is InChI=1S/C20H30O4/c1-18(11-21)8-4-9-19(2)13(18)7-10-20(3)14(19)6-5-12-15(20)17(23)24-16(12)22/h13-14,16,21-22H,4-11H2,1-3H3/t13?,14-,16?,18-,19+,20-/m1/s1. The lowest BCUT2D eigenvalue weighted by Crippen LogP contribution is -2.58. The van der Waals surface area contributed by atoms with Crippen LogP contribution in [0.3, 0.4) is 0 Å². The van der Waals surface area contributed by atoms with Crippen LogP contribution in [-0.2, 0) is 9.53 Å². The van der Waals surface area contributed by atoms with Gasteiger partial charge in [-0.25, -0.2) is 4.79 Å². The van der Waals surface area contributed by atoms with Crippen LogP contribution in [0.15, 0.2) is 11.1 Å². The minimum atomic E-state index is -1.02. The Labute approximate surface area is 144 Å². The Morgan fingerprint density at radius 3 is 2.58 bits per heavy atom. The number of rotatable bonds is 1. The number of hydrogen-bond acceptors (Lipinski definition) is 4. The number of carbonyl (C=O) groups is 1. The van der Waals surface area contributed by atoms with Gasteiger partial charge in [0.1, 0.15) is 0 Å². The molecular weight excluding hydrogens is 304 g/mol. The average Bonchev–Trinajstić information content (AvgIpc) is 2.82. The van der Waals surface area contributed by atoms with Gasteiger partial charge in [-0.05, 0) is 61.2 Å². The third-order valence-corrected chi connectivity index (χ3v) is 8.29. The molecular formula is C20H30O4. The predicted molar refractivity (Wildman–Crippen MR) is 89.8 cm³/mol. The van der Waals surface area contributed by atoms with Crippen molar-refractivity contribution in [3.05, 3.63) is 11.1 Å². The molecule has 1 heterocycles. The Hall–Kier alpha value is -0.870. The van der Waals surface area contributed by atoms with Gasteiger partial charge in [-0.2, -0.15) is 0 Å². The minimum absolute atomic E-state index is 0.00130. The molecule has 3 aliphatic carbocycles. The van der Waals surface area contributed by atoms with Crippen LogP contribution in [0.1, 0.15) is 65.7 Å². The van der Waals surface area contributed by atoms with Crippen LogP contribution >= 0.6 is 0 Å². The summed E-state index contributed by atoms with van der Waals surface area (Å²) in [6.07, 6.45) is 6.17. The number of carbonyl (C=O) groups excluding carboxylic acids is 1. The van der Waals surface area contributed by atoms with E-state index in [1.165, 1.54) is 6.42 Å². The first-order valence-corrected chi connectivity index (χ1v) is 9.50. The highest BCUT2D eigenvalue weighted by atomic mass is 16.6. The number of hydrogen-bond donors (Lipinski definition) is 2. The van der Waals surface area contributed by atoms with E-state index in [4.69, 9.17) is 4.74 Å². The fraction of sp³-hybridized carbons (Fsp3) is 0.850. The summed E-state index contributed by atoms with van der Waals surface area (Å²) in [6, 6.07) is 0. The molecule has 4 nitrogen and oxygen atoms in total. The third kappa shape index (κ3) is 1.90. The molecule has 1 aliphatic heterocycles. The molecule has 2 unspecified atom stereocenters. The van der Waals surface area contributed by atoms with Crippen molar-refractivity contribution in [3.8, 4) is 0 Å². The molecule has 0 aromatic carbocycles. The second-order valence-electron chi connectivity index (χ2n) is 9.43. The van der Waals surface area contributed by atoms with E-state index in [1.807, 2.05) is 0 Å². The van der Waals surface area contributed by atoms with Crippen molar-refractivity contribution in [2.75, 3.05) is 6.61 Å².